The number of hydrogen-bond acceptors (Lipinski definition) is 15. The van der Waals surface area contributed by atoms with E-state index in [1.165, 1.54) is 18.3 Å². The van der Waals surface area contributed by atoms with Crippen LogP contribution in [0.25, 0.3) is 76.9 Å². The molecule has 0 radical (unpaired) electrons. The standard InChI is InChI=1S/C68H68F4N14O2/c1-5-67(26-13-33-85(67)7-3)39-87-65-81-60-50(63(83-65)76-30-25-43-35-80-62-46(43)21-12-29-75-62)37-79-59(57(60)72)49-20-10-18-47-45(23-24-53(70)55(47)49)41(4)86-34-14-27-68(86,6-2)40-88-66-82-61-51(64(84-66)77-32-31-74-44-17-11-28-73-36-44)38-78-58(56(61)71)48-19-8-15-42-16-9-22-52(69)54(42)48/h8-12,15-24,28-29,35-38,41,74H,5-7,13-14,25-27,30-34,39-40H2,1-4H3,(H,75,80)(H,76,81,83)(H,77,82,84). The number of hydrogen-bond donors (Lipinski definition) is 4. The lowest BCUT2D eigenvalue weighted by molar-refractivity contribution is 0.0396. The summed E-state index contributed by atoms with van der Waals surface area (Å²) in [5.74, 6) is -1.82. The van der Waals surface area contributed by atoms with Crippen LogP contribution >= 0.6 is 0 Å². The van der Waals surface area contributed by atoms with Gasteiger partial charge in [-0.1, -0.05) is 75.4 Å². The van der Waals surface area contributed by atoms with Gasteiger partial charge in [0.25, 0.3) is 0 Å². The van der Waals surface area contributed by atoms with Crippen molar-refractivity contribution in [2.45, 2.75) is 89.8 Å². The third-order valence-corrected chi connectivity index (χ3v) is 18.3. The molecule has 2 aliphatic rings. The van der Waals surface area contributed by atoms with E-state index in [1.807, 2.05) is 36.5 Å². The van der Waals surface area contributed by atoms with E-state index in [4.69, 9.17) is 34.4 Å². The smallest absolute Gasteiger partial charge is 0.319 e. The summed E-state index contributed by atoms with van der Waals surface area (Å²) in [4.78, 5) is 45.1. The molecule has 4 aromatic carbocycles. The zero-order valence-electron chi connectivity index (χ0n) is 49.6. The number of fused-ring (bicyclic) bond motifs is 5. The van der Waals surface area contributed by atoms with Crippen LogP contribution in [0.1, 0.15) is 83.4 Å². The first-order valence-electron chi connectivity index (χ1n) is 30.4. The van der Waals surface area contributed by atoms with Crippen LogP contribution in [0, 0.1) is 23.3 Å². The number of likely N-dealkylation sites (tertiary alicyclic amines) is 2. The van der Waals surface area contributed by atoms with Gasteiger partial charge in [0.1, 0.15) is 64.6 Å². The lowest BCUT2D eigenvalue weighted by Gasteiger charge is -2.41. The van der Waals surface area contributed by atoms with E-state index in [1.54, 1.807) is 73.3 Å². The summed E-state index contributed by atoms with van der Waals surface area (Å²) in [7, 11) is 0. The van der Waals surface area contributed by atoms with Gasteiger partial charge in [-0.15, -0.1) is 0 Å². The maximum Gasteiger partial charge on any atom is 0.319 e. The molecule has 4 N–H and O–H groups in total. The molecular formula is C68H68F4N14O2. The molecule has 16 nitrogen and oxygen atoms in total. The highest BCUT2D eigenvalue weighted by atomic mass is 19.1. The molecular weight excluding hydrogens is 1120 g/mol. The van der Waals surface area contributed by atoms with E-state index in [-0.39, 0.29) is 74.5 Å². The van der Waals surface area contributed by atoms with Gasteiger partial charge in [-0.2, -0.15) is 19.9 Å². The number of anilines is 3. The Morgan fingerprint density at radius 1 is 0.602 bits per heavy atom. The number of nitrogens with zero attached hydrogens (tertiary/aromatic N) is 10. The monoisotopic (exact) mass is 1190 g/mol. The molecule has 2 aliphatic heterocycles. The maximum absolute atomic E-state index is 17.8. The number of ether oxygens (including phenoxy) is 2. The van der Waals surface area contributed by atoms with Gasteiger partial charge in [-0.3, -0.25) is 24.8 Å². The normalized spacial score (nSPS) is 17.6. The van der Waals surface area contributed by atoms with Gasteiger partial charge >= 0.3 is 12.0 Å². The van der Waals surface area contributed by atoms with E-state index in [9.17, 15) is 0 Å². The highest BCUT2D eigenvalue weighted by Crippen LogP contribution is 2.44. The zero-order valence-corrected chi connectivity index (χ0v) is 49.6. The van der Waals surface area contributed by atoms with Crippen molar-refractivity contribution >= 4 is 71.7 Å². The number of pyridine rings is 4. The second kappa shape index (κ2) is 24.6. The first kappa shape index (κ1) is 57.9. The Morgan fingerprint density at radius 2 is 1.23 bits per heavy atom. The summed E-state index contributed by atoms with van der Waals surface area (Å²) in [6.45, 7) is 12.8. The van der Waals surface area contributed by atoms with Crippen LogP contribution in [0.2, 0.25) is 0 Å². The molecule has 20 heteroatoms. The fourth-order valence-electron chi connectivity index (χ4n) is 13.6. The highest BCUT2D eigenvalue weighted by Gasteiger charge is 2.44. The van der Waals surface area contributed by atoms with E-state index in [2.05, 4.69) is 73.4 Å². The average Bonchev–Trinajstić information content (AvgIpc) is 2.41. The number of benzene rings is 4. The Kier molecular flexibility index (Phi) is 16.2. The van der Waals surface area contributed by atoms with Crippen LogP contribution in [0.15, 0.2) is 128 Å². The largest absolute Gasteiger partial charge is 0.461 e. The Bertz CT molecular complexity index is 4380. The molecule has 13 rings (SSSR count). The Morgan fingerprint density at radius 3 is 1.93 bits per heavy atom. The molecule has 450 valence electrons. The van der Waals surface area contributed by atoms with E-state index in [0.717, 1.165) is 73.0 Å². The Hall–Kier alpha value is -9.14. The average molecular weight is 1190 g/mol. The minimum atomic E-state index is -0.747. The maximum atomic E-state index is 17.8. The lowest BCUT2D eigenvalue weighted by Crippen LogP contribution is -2.49. The molecule has 11 aromatic rings. The van der Waals surface area contributed by atoms with Crippen LogP contribution in [-0.2, 0) is 6.42 Å². The van der Waals surface area contributed by atoms with Crippen molar-refractivity contribution in [1.29, 1.82) is 0 Å². The predicted octanol–water partition coefficient (Wildman–Crippen LogP) is 14.0. The molecule has 0 amide bonds. The second-order valence-corrected chi connectivity index (χ2v) is 23.0. The fraction of sp³-hybridized carbons (Fsp3) is 0.324. The molecule has 7 aromatic heterocycles. The lowest BCUT2D eigenvalue weighted by atomic mass is 9.89. The van der Waals surface area contributed by atoms with Crippen LogP contribution in [0.3, 0.4) is 0 Å². The molecule has 0 saturated carbocycles. The molecule has 3 atom stereocenters. The van der Waals surface area contributed by atoms with Crippen molar-refractivity contribution in [3.8, 4) is 34.5 Å². The summed E-state index contributed by atoms with van der Waals surface area (Å²) in [5, 5.41) is 13.5. The van der Waals surface area contributed by atoms with Crippen molar-refractivity contribution in [1.82, 2.24) is 54.7 Å². The van der Waals surface area contributed by atoms with Crippen LogP contribution in [0.4, 0.5) is 34.9 Å². The topological polar surface area (TPSA) is 180 Å². The van der Waals surface area contributed by atoms with Gasteiger partial charge in [0.15, 0.2) is 11.6 Å². The number of halogens is 4. The third-order valence-electron chi connectivity index (χ3n) is 18.3. The summed E-state index contributed by atoms with van der Waals surface area (Å²) >= 11 is 0. The summed E-state index contributed by atoms with van der Waals surface area (Å²) < 4.78 is 80.5. The molecule has 2 fully saturated rings. The van der Waals surface area contributed by atoms with Crippen LogP contribution < -0.4 is 25.4 Å². The van der Waals surface area contributed by atoms with E-state index >= 15 is 17.6 Å². The molecule has 88 heavy (non-hydrogen) atoms. The van der Waals surface area contributed by atoms with Crippen molar-refractivity contribution in [2.75, 3.05) is 68.4 Å². The van der Waals surface area contributed by atoms with Crippen molar-refractivity contribution < 1.29 is 27.0 Å². The first-order valence-corrected chi connectivity index (χ1v) is 30.4. The molecule has 2 saturated heterocycles. The molecule has 9 heterocycles. The summed E-state index contributed by atoms with van der Waals surface area (Å²) in [6, 6.07) is 25.9. The number of H-pyrrole nitrogens is 1. The van der Waals surface area contributed by atoms with Crippen molar-refractivity contribution in [2.24, 2.45) is 0 Å². The predicted molar refractivity (Wildman–Crippen MR) is 338 cm³/mol. The molecule has 3 unspecified atom stereocenters. The molecule has 0 aliphatic carbocycles. The van der Waals surface area contributed by atoms with Gasteiger partial charge in [0.2, 0.25) is 0 Å². The van der Waals surface area contributed by atoms with Gasteiger partial charge < -0.3 is 30.4 Å². The summed E-state index contributed by atoms with van der Waals surface area (Å²) in [6.07, 6.45) is 15.9. The SMILES string of the molecule is CCN1CCCC1(CC)COc1nc(NCCc2c[nH]c3ncccc23)c2cnc(-c3cccc4c(C(C)N5CCCC5(CC)COc5nc(NCCNc6cccnc6)c6cnc(-c7cccc8cccc(F)c78)c(F)c6n5)ccc(F)c34)c(F)c2n1. The van der Waals surface area contributed by atoms with Crippen LogP contribution in [-0.4, -0.2) is 118 Å². The Labute approximate surface area is 506 Å². The number of aromatic amines is 1. The minimum Gasteiger partial charge on any atom is -0.461 e. The van der Waals surface area contributed by atoms with Crippen LogP contribution in [0.5, 0.6) is 12.0 Å². The Balaban J connectivity index is 0.814. The second-order valence-electron chi connectivity index (χ2n) is 23.0. The molecule has 0 bridgehead atoms. The zero-order chi connectivity index (χ0) is 60.5. The number of likely N-dealkylation sites (N-methyl/N-ethyl adjacent to an activating group) is 1. The summed E-state index contributed by atoms with van der Waals surface area (Å²) in [5.41, 5.74) is 3.14. The van der Waals surface area contributed by atoms with E-state index < -0.39 is 28.8 Å². The minimum absolute atomic E-state index is 0.000948. The number of nitrogens with one attached hydrogen (secondary N) is 4. The molecule has 0 spiro atoms. The van der Waals surface area contributed by atoms with Gasteiger partial charge in [-0.05, 0) is 130 Å². The third kappa shape index (κ3) is 10.7. The first-order chi connectivity index (χ1) is 43.0. The highest BCUT2D eigenvalue weighted by molar-refractivity contribution is 6.01. The van der Waals surface area contributed by atoms with E-state index in [0.29, 0.717) is 78.8 Å². The van der Waals surface area contributed by atoms with Crippen molar-refractivity contribution in [3.63, 3.8) is 0 Å². The van der Waals surface area contributed by atoms with Gasteiger partial charge in [0, 0.05) is 90.1 Å². The van der Waals surface area contributed by atoms with Gasteiger partial charge in [0.05, 0.1) is 27.5 Å². The quantitative estimate of drug-likeness (QED) is 0.0372. The van der Waals surface area contributed by atoms with Gasteiger partial charge in [-0.25, -0.2) is 22.5 Å². The number of aromatic nitrogens is 9. The van der Waals surface area contributed by atoms with Crippen molar-refractivity contribution in [3.05, 3.63) is 163 Å². The number of rotatable bonds is 22. The fourth-order valence-corrected chi connectivity index (χ4v) is 13.6.